The number of aromatic nitrogens is 2. The minimum absolute atomic E-state index is 0.215. The normalized spacial score (nSPS) is 10.3. The van der Waals surface area contributed by atoms with Gasteiger partial charge in [0.05, 0.1) is 12.3 Å². The quantitative estimate of drug-likeness (QED) is 0.781. The molecule has 2 rings (SSSR count). The molecule has 0 atom stereocenters. The molecule has 0 unspecified atom stereocenters. The van der Waals surface area contributed by atoms with Crippen LogP contribution in [-0.4, -0.2) is 22.4 Å². The first-order valence-electron chi connectivity index (χ1n) is 5.69. The molecule has 0 aliphatic heterocycles. The van der Waals surface area contributed by atoms with E-state index in [0.717, 1.165) is 6.42 Å². The fraction of sp³-hybridized carbons (Fsp3) is 0.231. The lowest BCUT2D eigenvalue weighted by atomic mass is 10.3. The molecule has 0 aliphatic rings. The molecule has 0 aliphatic carbocycles. The van der Waals surface area contributed by atoms with Gasteiger partial charge in [-0.2, -0.15) is 5.10 Å². The summed E-state index contributed by atoms with van der Waals surface area (Å²) < 4.78 is 19.4. The number of nitrogens with zero attached hydrogens (tertiary/aromatic N) is 2. The highest BCUT2D eigenvalue weighted by molar-refractivity contribution is 5.87. The zero-order valence-electron chi connectivity index (χ0n) is 9.97. The Labute approximate surface area is 104 Å². The van der Waals surface area contributed by atoms with Gasteiger partial charge < -0.3 is 4.74 Å². The Balaban J connectivity index is 2.17. The second-order valence-electron chi connectivity index (χ2n) is 3.76. The Morgan fingerprint density at radius 1 is 1.44 bits per heavy atom. The first-order valence-corrected chi connectivity index (χ1v) is 5.69. The van der Waals surface area contributed by atoms with Crippen LogP contribution in [0, 0.1) is 5.82 Å². The summed E-state index contributed by atoms with van der Waals surface area (Å²) in [5.74, 6) is -0.815. The van der Waals surface area contributed by atoms with Gasteiger partial charge in [-0.3, -0.25) is 0 Å². The monoisotopic (exact) mass is 248 g/mol. The van der Waals surface area contributed by atoms with Crippen LogP contribution < -0.4 is 0 Å². The van der Waals surface area contributed by atoms with Crippen molar-refractivity contribution < 1.29 is 13.9 Å². The number of ether oxygens (including phenoxy) is 1. The maximum atomic E-state index is 13.1. The van der Waals surface area contributed by atoms with E-state index in [4.69, 9.17) is 4.74 Å². The molecule has 1 aromatic carbocycles. The van der Waals surface area contributed by atoms with Gasteiger partial charge in [-0.1, -0.05) is 13.0 Å². The maximum Gasteiger partial charge on any atom is 0.358 e. The zero-order chi connectivity index (χ0) is 13.0. The average Bonchev–Trinajstić information content (AvgIpc) is 2.85. The van der Waals surface area contributed by atoms with Gasteiger partial charge in [-0.25, -0.2) is 13.9 Å². The lowest BCUT2D eigenvalue weighted by Crippen LogP contribution is -2.07. The topological polar surface area (TPSA) is 44.1 Å². The highest BCUT2D eigenvalue weighted by atomic mass is 19.1. The van der Waals surface area contributed by atoms with E-state index in [1.54, 1.807) is 24.4 Å². The Morgan fingerprint density at radius 3 is 3.00 bits per heavy atom. The van der Waals surface area contributed by atoms with Crippen LogP contribution in [0.2, 0.25) is 0 Å². The van der Waals surface area contributed by atoms with Crippen LogP contribution in [0.5, 0.6) is 0 Å². The molecule has 1 aromatic heterocycles. The number of halogens is 1. The lowest BCUT2D eigenvalue weighted by molar-refractivity contribution is 0.0497. The second kappa shape index (κ2) is 5.44. The van der Waals surface area contributed by atoms with Crippen LogP contribution in [0.1, 0.15) is 23.8 Å². The van der Waals surface area contributed by atoms with Gasteiger partial charge in [0.2, 0.25) is 0 Å². The van der Waals surface area contributed by atoms with Gasteiger partial charge in [-0.15, -0.1) is 0 Å². The molecule has 4 nitrogen and oxygen atoms in total. The second-order valence-corrected chi connectivity index (χ2v) is 3.76. The zero-order valence-corrected chi connectivity index (χ0v) is 9.97. The number of carbonyl (C=O) groups is 1. The molecule has 5 heteroatoms. The SMILES string of the molecule is CCCOC(=O)c1ccn(-c2cccc(F)c2)n1. The van der Waals surface area contributed by atoms with Gasteiger partial charge in [0.1, 0.15) is 5.82 Å². The molecule has 18 heavy (non-hydrogen) atoms. The fourth-order valence-electron chi connectivity index (χ4n) is 1.46. The molecular formula is C13H13FN2O2. The van der Waals surface area contributed by atoms with E-state index in [2.05, 4.69) is 5.10 Å². The van der Waals surface area contributed by atoms with Crippen molar-refractivity contribution in [2.45, 2.75) is 13.3 Å². The van der Waals surface area contributed by atoms with Gasteiger partial charge >= 0.3 is 5.97 Å². The van der Waals surface area contributed by atoms with E-state index in [0.29, 0.717) is 12.3 Å². The summed E-state index contributed by atoms with van der Waals surface area (Å²) in [6.45, 7) is 2.28. The number of benzene rings is 1. The highest BCUT2D eigenvalue weighted by Gasteiger charge is 2.11. The molecule has 0 spiro atoms. The van der Waals surface area contributed by atoms with Gasteiger partial charge in [-0.05, 0) is 30.7 Å². The molecule has 94 valence electrons. The predicted octanol–water partition coefficient (Wildman–Crippen LogP) is 2.58. The van der Waals surface area contributed by atoms with Crippen molar-refractivity contribution >= 4 is 5.97 Å². The third-order valence-corrected chi connectivity index (χ3v) is 2.31. The summed E-state index contributed by atoms with van der Waals surface area (Å²) in [6, 6.07) is 7.53. The van der Waals surface area contributed by atoms with E-state index < -0.39 is 5.97 Å². The van der Waals surface area contributed by atoms with Crippen molar-refractivity contribution in [1.82, 2.24) is 9.78 Å². The number of esters is 1. The Morgan fingerprint density at radius 2 is 2.28 bits per heavy atom. The van der Waals surface area contributed by atoms with Gasteiger partial charge in [0.25, 0.3) is 0 Å². The van der Waals surface area contributed by atoms with E-state index in [1.807, 2.05) is 6.92 Å². The largest absolute Gasteiger partial charge is 0.461 e. The summed E-state index contributed by atoms with van der Waals surface area (Å²) in [4.78, 5) is 11.5. The maximum absolute atomic E-state index is 13.1. The van der Waals surface area contributed by atoms with Gasteiger partial charge in [0.15, 0.2) is 5.69 Å². The molecule has 0 amide bonds. The number of rotatable bonds is 4. The van der Waals surface area contributed by atoms with Crippen molar-refractivity contribution in [2.24, 2.45) is 0 Å². The number of carbonyl (C=O) groups excluding carboxylic acids is 1. The van der Waals surface area contributed by atoms with E-state index in [1.165, 1.54) is 16.8 Å². The molecule has 0 radical (unpaired) electrons. The summed E-state index contributed by atoms with van der Waals surface area (Å²) in [7, 11) is 0. The smallest absolute Gasteiger partial charge is 0.358 e. The van der Waals surface area contributed by atoms with Crippen LogP contribution >= 0.6 is 0 Å². The van der Waals surface area contributed by atoms with Crippen LogP contribution in [0.4, 0.5) is 4.39 Å². The molecule has 2 aromatic rings. The summed E-state index contributed by atoms with van der Waals surface area (Å²) in [5, 5.41) is 4.05. The minimum Gasteiger partial charge on any atom is -0.461 e. The van der Waals surface area contributed by atoms with Crippen LogP contribution in [0.25, 0.3) is 5.69 Å². The molecule has 0 N–H and O–H groups in total. The lowest BCUT2D eigenvalue weighted by Gasteiger charge is -2.01. The van der Waals surface area contributed by atoms with Crippen LogP contribution in [0.15, 0.2) is 36.5 Å². The molecular weight excluding hydrogens is 235 g/mol. The standard InChI is InChI=1S/C13H13FN2O2/c1-2-8-18-13(17)12-6-7-16(15-12)11-5-3-4-10(14)9-11/h3-7,9H,2,8H2,1H3. The Kier molecular flexibility index (Phi) is 3.72. The third kappa shape index (κ3) is 2.74. The molecule has 0 fully saturated rings. The Bertz CT molecular complexity index is 551. The predicted molar refractivity (Wildman–Crippen MR) is 64.1 cm³/mol. The molecule has 0 saturated carbocycles. The van der Waals surface area contributed by atoms with E-state index in [9.17, 15) is 9.18 Å². The molecule has 1 heterocycles. The van der Waals surface area contributed by atoms with Crippen molar-refractivity contribution in [3.8, 4) is 5.69 Å². The first-order chi connectivity index (χ1) is 8.70. The summed E-state index contributed by atoms with van der Waals surface area (Å²) in [6.07, 6.45) is 2.35. The third-order valence-electron chi connectivity index (χ3n) is 2.31. The number of hydrogen-bond donors (Lipinski definition) is 0. The minimum atomic E-state index is -0.466. The summed E-state index contributed by atoms with van der Waals surface area (Å²) >= 11 is 0. The number of hydrogen-bond acceptors (Lipinski definition) is 3. The fourth-order valence-corrected chi connectivity index (χ4v) is 1.46. The van der Waals surface area contributed by atoms with Crippen molar-refractivity contribution in [3.63, 3.8) is 0 Å². The van der Waals surface area contributed by atoms with Gasteiger partial charge in [0, 0.05) is 6.20 Å². The Hall–Kier alpha value is -2.17. The molecule has 0 bridgehead atoms. The van der Waals surface area contributed by atoms with Crippen LogP contribution in [0.3, 0.4) is 0 Å². The van der Waals surface area contributed by atoms with E-state index in [-0.39, 0.29) is 11.5 Å². The van der Waals surface area contributed by atoms with Crippen molar-refractivity contribution in [2.75, 3.05) is 6.61 Å². The average molecular weight is 248 g/mol. The first kappa shape index (κ1) is 12.3. The highest BCUT2D eigenvalue weighted by Crippen LogP contribution is 2.10. The van der Waals surface area contributed by atoms with Crippen molar-refractivity contribution in [3.05, 3.63) is 48.0 Å². The molecule has 0 saturated heterocycles. The van der Waals surface area contributed by atoms with Crippen molar-refractivity contribution in [1.29, 1.82) is 0 Å². The summed E-state index contributed by atoms with van der Waals surface area (Å²) in [5.41, 5.74) is 0.775. The van der Waals surface area contributed by atoms with Crippen LogP contribution in [-0.2, 0) is 4.74 Å². The van der Waals surface area contributed by atoms with E-state index >= 15 is 0 Å².